The highest BCUT2D eigenvalue weighted by Gasteiger charge is 2.10. The van der Waals surface area contributed by atoms with E-state index in [0.29, 0.717) is 11.5 Å². The first-order chi connectivity index (χ1) is 15.5. The Morgan fingerprint density at radius 3 is 2.22 bits per heavy atom. The summed E-state index contributed by atoms with van der Waals surface area (Å²) in [6, 6.07) is 24.0. The van der Waals surface area contributed by atoms with Gasteiger partial charge in [0.05, 0.1) is 17.6 Å². The summed E-state index contributed by atoms with van der Waals surface area (Å²) in [5, 5.41) is 22.9. The number of nitrogens with one attached hydrogen (secondary N) is 1. The number of anilines is 1. The molecule has 4 rings (SSSR count). The molecule has 7 nitrogen and oxygen atoms in total. The summed E-state index contributed by atoms with van der Waals surface area (Å²) in [6.07, 6.45) is 1.44. The molecular formula is C25H20N4O3. The minimum atomic E-state index is -1.22. The first-order valence-electron chi connectivity index (χ1n) is 9.86. The van der Waals surface area contributed by atoms with Crippen LogP contribution in [0.15, 0.2) is 84.0 Å². The second kappa shape index (κ2) is 9.09. The van der Waals surface area contributed by atoms with E-state index in [4.69, 9.17) is 5.11 Å². The minimum absolute atomic E-state index is 0.196. The molecule has 0 radical (unpaired) electrons. The molecule has 0 fully saturated rings. The molecular weight excluding hydrogens is 404 g/mol. The normalized spacial score (nSPS) is 10.9. The van der Waals surface area contributed by atoms with Crippen LogP contribution in [-0.4, -0.2) is 32.4 Å². The molecule has 4 aromatic rings. The van der Waals surface area contributed by atoms with Gasteiger partial charge < -0.3 is 10.2 Å². The summed E-state index contributed by atoms with van der Waals surface area (Å²) in [6.45, 7) is 2.03. The summed E-state index contributed by atoms with van der Waals surface area (Å²) in [7, 11) is 0. The van der Waals surface area contributed by atoms with Crippen molar-refractivity contribution < 1.29 is 15.0 Å². The molecule has 3 N–H and O–H groups in total. The van der Waals surface area contributed by atoms with Gasteiger partial charge in [-0.15, -0.1) is 0 Å². The average Bonchev–Trinajstić information content (AvgIpc) is 2.81. The van der Waals surface area contributed by atoms with Crippen molar-refractivity contribution >= 4 is 18.1 Å². The van der Waals surface area contributed by atoms with Gasteiger partial charge in [0.1, 0.15) is 11.3 Å². The molecule has 1 aromatic heterocycles. The predicted molar refractivity (Wildman–Crippen MR) is 124 cm³/mol. The van der Waals surface area contributed by atoms with Crippen molar-refractivity contribution in [3.05, 3.63) is 95.6 Å². The van der Waals surface area contributed by atoms with Gasteiger partial charge in [0.25, 0.3) is 0 Å². The second-order valence-corrected chi connectivity index (χ2v) is 7.15. The lowest BCUT2D eigenvalue weighted by molar-refractivity contribution is 0.0693. The molecule has 1 heterocycles. The van der Waals surface area contributed by atoms with Crippen LogP contribution >= 0.6 is 0 Å². The van der Waals surface area contributed by atoms with E-state index in [1.807, 2.05) is 67.6 Å². The first-order valence-corrected chi connectivity index (χ1v) is 9.86. The molecule has 32 heavy (non-hydrogen) atoms. The second-order valence-electron chi connectivity index (χ2n) is 7.15. The van der Waals surface area contributed by atoms with Crippen molar-refractivity contribution in [2.24, 2.45) is 5.10 Å². The van der Waals surface area contributed by atoms with Gasteiger partial charge in [-0.25, -0.2) is 20.2 Å². The number of aromatic hydroxyl groups is 1. The van der Waals surface area contributed by atoms with Crippen LogP contribution in [-0.2, 0) is 0 Å². The molecule has 0 saturated heterocycles. The van der Waals surface area contributed by atoms with E-state index < -0.39 is 5.97 Å². The van der Waals surface area contributed by atoms with Crippen molar-refractivity contribution in [3.63, 3.8) is 0 Å². The number of rotatable bonds is 6. The highest BCUT2D eigenvalue weighted by molar-refractivity contribution is 5.93. The zero-order valence-corrected chi connectivity index (χ0v) is 17.2. The van der Waals surface area contributed by atoms with Crippen molar-refractivity contribution in [3.8, 4) is 28.3 Å². The number of benzene rings is 3. The lowest BCUT2D eigenvalue weighted by atomic mass is 10.1. The van der Waals surface area contributed by atoms with Gasteiger partial charge in [-0.1, -0.05) is 60.2 Å². The number of carboxylic acid groups (broad SMARTS) is 1. The summed E-state index contributed by atoms with van der Waals surface area (Å²) >= 11 is 0. The fraction of sp³-hybridized carbons (Fsp3) is 0.0400. The standard InChI is InChI=1S/C25H20N4O3/c1-16-7-10-19(11-8-16)22-14-21(18-5-3-2-4-6-18)27-25(28-22)29-26-15-17-9-12-23(30)20(13-17)24(31)32/h2-15,30H,1H3,(H,31,32)(H,27,28,29). The van der Waals surface area contributed by atoms with Gasteiger partial charge in [-0.2, -0.15) is 5.10 Å². The van der Waals surface area contributed by atoms with Gasteiger partial charge >= 0.3 is 5.97 Å². The zero-order valence-electron chi connectivity index (χ0n) is 17.2. The van der Waals surface area contributed by atoms with Crippen molar-refractivity contribution in [2.75, 3.05) is 5.43 Å². The fourth-order valence-electron chi connectivity index (χ4n) is 3.10. The zero-order chi connectivity index (χ0) is 22.5. The van der Waals surface area contributed by atoms with Gasteiger partial charge in [0.2, 0.25) is 5.95 Å². The Bertz CT molecular complexity index is 1290. The summed E-state index contributed by atoms with van der Waals surface area (Å²) in [5.74, 6) is -1.22. The molecule has 0 saturated carbocycles. The Morgan fingerprint density at radius 2 is 1.56 bits per heavy atom. The van der Waals surface area contributed by atoms with Crippen molar-refractivity contribution in [1.29, 1.82) is 0 Å². The Labute approximate surface area is 184 Å². The van der Waals surface area contributed by atoms with E-state index in [-0.39, 0.29) is 11.3 Å². The Hall–Kier alpha value is -4.52. The van der Waals surface area contributed by atoms with Gasteiger partial charge in [0.15, 0.2) is 0 Å². The highest BCUT2D eigenvalue weighted by Crippen LogP contribution is 2.25. The molecule has 0 atom stereocenters. The van der Waals surface area contributed by atoms with E-state index in [2.05, 4.69) is 20.5 Å². The first kappa shape index (κ1) is 20.7. The van der Waals surface area contributed by atoms with Crippen LogP contribution in [0.2, 0.25) is 0 Å². The third-order valence-corrected chi connectivity index (χ3v) is 4.77. The number of hydrazone groups is 1. The number of hydrogen-bond donors (Lipinski definition) is 3. The average molecular weight is 424 g/mol. The number of carbonyl (C=O) groups is 1. The molecule has 0 aliphatic heterocycles. The lowest BCUT2D eigenvalue weighted by Crippen LogP contribution is -2.01. The van der Waals surface area contributed by atoms with E-state index >= 15 is 0 Å². The number of hydrogen-bond acceptors (Lipinski definition) is 6. The minimum Gasteiger partial charge on any atom is -0.507 e. The number of aryl methyl sites for hydroxylation is 1. The molecule has 0 spiro atoms. The summed E-state index contributed by atoms with van der Waals surface area (Å²) < 4.78 is 0. The Kier molecular flexibility index (Phi) is 5.89. The Morgan fingerprint density at radius 1 is 0.906 bits per heavy atom. The smallest absolute Gasteiger partial charge is 0.339 e. The molecule has 0 unspecified atom stereocenters. The number of carboxylic acids is 1. The van der Waals surface area contributed by atoms with Crippen LogP contribution in [0.3, 0.4) is 0 Å². The molecule has 3 aromatic carbocycles. The van der Waals surface area contributed by atoms with Crippen molar-refractivity contribution in [1.82, 2.24) is 9.97 Å². The van der Waals surface area contributed by atoms with E-state index in [9.17, 15) is 9.90 Å². The van der Waals surface area contributed by atoms with Crippen LogP contribution in [0.5, 0.6) is 5.75 Å². The van der Waals surface area contributed by atoms with Gasteiger partial charge in [0, 0.05) is 11.1 Å². The lowest BCUT2D eigenvalue weighted by Gasteiger charge is -2.08. The number of aromatic nitrogens is 2. The van der Waals surface area contributed by atoms with Crippen LogP contribution in [0, 0.1) is 6.92 Å². The molecule has 0 aliphatic rings. The Balaban J connectivity index is 1.66. The maximum Gasteiger partial charge on any atom is 0.339 e. The van der Waals surface area contributed by atoms with Crippen LogP contribution in [0.1, 0.15) is 21.5 Å². The number of aromatic carboxylic acids is 1. The third-order valence-electron chi connectivity index (χ3n) is 4.77. The van der Waals surface area contributed by atoms with Gasteiger partial charge in [-0.05, 0) is 36.8 Å². The molecule has 0 amide bonds. The molecule has 0 aliphatic carbocycles. The van der Waals surface area contributed by atoms with E-state index in [1.165, 1.54) is 18.3 Å². The third kappa shape index (κ3) is 4.79. The summed E-state index contributed by atoms with van der Waals surface area (Å²) in [5.41, 5.74) is 7.67. The van der Waals surface area contributed by atoms with E-state index in [1.54, 1.807) is 6.07 Å². The van der Waals surface area contributed by atoms with Crippen LogP contribution in [0.4, 0.5) is 5.95 Å². The quantitative estimate of drug-likeness (QED) is 0.298. The fourth-order valence-corrected chi connectivity index (χ4v) is 3.10. The van der Waals surface area contributed by atoms with Crippen molar-refractivity contribution in [2.45, 2.75) is 6.92 Å². The summed E-state index contributed by atoms with van der Waals surface area (Å²) in [4.78, 5) is 20.3. The maximum absolute atomic E-state index is 11.2. The number of nitrogens with zero attached hydrogens (tertiary/aromatic N) is 3. The number of phenols is 1. The van der Waals surface area contributed by atoms with Gasteiger partial charge in [-0.3, -0.25) is 0 Å². The molecule has 158 valence electrons. The monoisotopic (exact) mass is 424 g/mol. The van der Waals surface area contributed by atoms with E-state index in [0.717, 1.165) is 28.1 Å². The largest absolute Gasteiger partial charge is 0.507 e. The molecule has 0 bridgehead atoms. The topological polar surface area (TPSA) is 108 Å². The molecule has 7 heteroatoms. The van der Waals surface area contributed by atoms with Crippen LogP contribution in [0.25, 0.3) is 22.5 Å². The highest BCUT2D eigenvalue weighted by atomic mass is 16.4. The predicted octanol–water partition coefficient (Wildman–Crippen LogP) is 4.97. The maximum atomic E-state index is 11.2. The SMILES string of the molecule is Cc1ccc(-c2cc(-c3ccccc3)nc(NN=Cc3ccc(O)c(C(=O)O)c3)n2)cc1. The van der Waals surface area contributed by atoms with Crippen LogP contribution < -0.4 is 5.43 Å².